The van der Waals surface area contributed by atoms with Crippen LogP contribution in [0.1, 0.15) is 38.8 Å². The molecule has 2 rings (SSSR count). The van der Waals surface area contributed by atoms with Gasteiger partial charge in [0.1, 0.15) is 11.9 Å². The molecule has 0 aliphatic carbocycles. The molecule has 6 heteroatoms. The highest BCUT2D eigenvalue weighted by Crippen LogP contribution is 2.20. The molecule has 0 aliphatic rings. The van der Waals surface area contributed by atoms with Gasteiger partial charge in [0.15, 0.2) is 0 Å². The van der Waals surface area contributed by atoms with Crippen molar-refractivity contribution < 1.29 is 14.0 Å². The SMILES string of the molecule is C[C@@H](C(=O)NC(C)(C)C)N(Cc1ccccc1Cl)C(=O)Cc1ccccc1F. The zero-order valence-electron chi connectivity index (χ0n) is 16.6. The maximum atomic E-state index is 14.0. The third kappa shape index (κ3) is 6.06. The zero-order chi connectivity index (χ0) is 20.9. The van der Waals surface area contributed by atoms with Crippen molar-refractivity contribution in [2.45, 2.75) is 52.2 Å². The minimum Gasteiger partial charge on any atom is -0.350 e. The molecular formula is C22H26ClFN2O2. The number of amides is 2. The maximum absolute atomic E-state index is 14.0. The fourth-order valence-corrected chi connectivity index (χ4v) is 2.97. The summed E-state index contributed by atoms with van der Waals surface area (Å²) >= 11 is 6.25. The Labute approximate surface area is 170 Å². The van der Waals surface area contributed by atoms with Crippen LogP contribution in [0.4, 0.5) is 4.39 Å². The van der Waals surface area contributed by atoms with E-state index in [1.54, 1.807) is 43.3 Å². The van der Waals surface area contributed by atoms with Crippen molar-refractivity contribution in [2.75, 3.05) is 0 Å². The second-order valence-corrected chi connectivity index (χ2v) is 8.20. The van der Waals surface area contributed by atoms with Crippen molar-refractivity contribution in [3.05, 3.63) is 70.5 Å². The Morgan fingerprint density at radius 1 is 1.07 bits per heavy atom. The van der Waals surface area contributed by atoms with Gasteiger partial charge >= 0.3 is 0 Å². The fourth-order valence-electron chi connectivity index (χ4n) is 2.77. The standard InChI is InChI=1S/C22H26ClFN2O2/c1-15(21(28)25-22(2,3)4)26(14-17-10-5-7-11-18(17)23)20(27)13-16-9-6-8-12-19(16)24/h5-12,15H,13-14H2,1-4H3,(H,25,28)/t15-/m0/s1. The first-order valence-corrected chi connectivity index (χ1v) is 9.54. The van der Waals surface area contributed by atoms with Gasteiger partial charge in [0, 0.05) is 17.1 Å². The van der Waals surface area contributed by atoms with Gasteiger partial charge in [0.25, 0.3) is 0 Å². The first-order chi connectivity index (χ1) is 13.1. The Bertz CT molecular complexity index is 848. The van der Waals surface area contributed by atoms with E-state index in [1.807, 2.05) is 26.8 Å². The van der Waals surface area contributed by atoms with E-state index < -0.39 is 17.4 Å². The van der Waals surface area contributed by atoms with Crippen LogP contribution in [0.3, 0.4) is 0 Å². The largest absolute Gasteiger partial charge is 0.350 e. The van der Waals surface area contributed by atoms with Gasteiger partial charge in [0.2, 0.25) is 11.8 Å². The molecule has 0 unspecified atom stereocenters. The second kappa shape index (κ2) is 9.20. The quantitative estimate of drug-likeness (QED) is 0.777. The Morgan fingerprint density at radius 2 is 1.64 bits per heavy atom. The third-order valence-electron chi connectivity index (χ3n) is 4.26. The lowest BCUT2D eigenvalue weighted by Gasteiger charge is -2.31. The summed E-state index contributed by atoms with van der Waals surface area (Å²) in [5.41, 5.74) is 0.581. The first-order valence-electron chi connectivity index (χ1n) is 9.17. The van der Waals surface area contributed by atoms with E-state index in [4.69, 9.17) is 11.6 Å². The number of halogens is 2. The lowest BCUT2D eigenvalue weighted by Crippen LogP contribution is -2.52. The number of carbonyl (C=O) groups excluding carboxylic acids is 2. The topological polar surface area (TPSA) is 49.4 Å². The molecule has 1 N–H and O–H groups in total. The molecule has 2 aromatic rings. The van der Waals surface area contributed by atoms with Gasteiger partial charge in [0.05, 0.1) is 6.42 Å². The summed E-state index contributed by atoms with van der Waals surface area (Å²) in [5.74, 6) is -1.07. The van der Waals surface area contributed by atoms with Crippen molar-refractivity contribution in [3.8, 4) is 0 Å². The van der Waals surface area contributed by atoms with Gasteiger partial charge in [-0.3, -0.25) is 9.59 Å². The monoisotopic (exact) mass is 404 g/mol. The summed E-state index contributed by atoms with van der Waals surface area (Å²) in [6, 6.07) is 12.6. The number of rotatable bonds is 6. The van der Waals surface area contributed by atoms with Crippen LogP contribution in [0.5, 0.6) is 0 Å². The Balaban J connectivity index is 2.29. The van der Waals surface area contributed by atoms with E-state index in [-0.39, 0.29) is 24.8 Å². The Kier molecular flexibility index (Phi) is 7.19. The van der Waals surface area contributed by atoms with Crippen molar-refractivity contribution in [1.82, 2.24) is 10.2 Å². The van der Waals surface area contributed by atoms with E-state index in [1.165, 1.54) is 11.0 Å². The molecule has 150 valence electrons. The van der Waals surface area contributed by atoms with E-state index in [9.17, 15) is 14.0 Å². The molecule has 2 amide bonds. The van der Waals surface area contributed by atoms with E-state index >= 15 is 0 Å². The molecule has 0 heterocycles. The lowest BCUT2D eigenvalue weighted by atomic mass is 10.1. The first kappa shape index (κ1) is 21.9. The molecule has 1 atom stereocenters. The minimum absolute atomic E-state index is 0.135. The molecule has 0 saturated heterocycles. The molecule has 2 aromatic carbocycles. The van der Waals surface area contributed by atoms with Gasteiger partial charge in [-0.1, -0.05) is 48.0 Å². The van der Waals surface area contributed by atoms with Crippen molar-refractivity contribution in [2.24, 2.45) is 0 Å². The zero-order valence-corrected chi connectivity index (χ0v) is 17.4. The second-order valence-electron chi connectivity index (χ2n) is 7.80. The molecule has 0 bridgehead atoms. The highest BCUT2D eigenvalue weighted by Gasteiger charge is 2.29. The normalized spacial score (nSPS) is 12.4. The van der Waals surface area contributed by atoms with Crippen molar-refractivity contribution >= 4 is 23.4 Å². The number of nitrogens with zero attached hydrogens (tertiary/aromatic N) is 1. The molecule has 28 heavy (non-hydrogen) atoms. The molecule has 0 spiro atoms. The summed E-state index contributed by atoms with van der Waals surface area (Å²) in [6.45, 7) is 7.44. The van der Waals surface area contributed by atoms with Crippen molar-refractivity contribution in [1.29, 1.82) is 0 Å². The average Bonchev–Trinajstić information content (AvgIpc) is 2.61. The smallest absolute Gasteiger partial charge is 0.242 e. The maximum Gasteiger partial charge on any atom is 0.242 e. The molecule has 0 saturated carbocycles. The van der Waals surface area contributed by atoms with E-state index in [0.29, 0.717) is 10.6 Å². The lowest BCUT2D eigenvalue weighted by molar-refractivity contribution is -0.140. The van der Waals surface area contributed by atoms with Gasteiger partial charge in [-0.05, 0) is 51.0 Å². The number of hydrogen-bond acceptors (Lipinski definition) is 2. The van der Waals surface area contributed by atoms with Crippen LogP contribution in [0.15, 0.2) is 48.5 Å². The van der Waals surface area contributed by atoms with Crippen LogP contribution >= 0.6 is 11.6 Å². The van der Waals surface area contributed by atoms with Crippen LogP contribution in [0.25, 0.3) is 0 Å². The summed E-state index contributed by atoms with van der Waals surface area (Å²) in [4.78, 5) is 27.2. The average molecular weight is 405 g/mol. The summed E-state index contributed by atoms with van der Waals surface area (Å²) in [7, 11) is 0. The fraction of sp³-hybridized carbons (Fsp3) is 0.364. The molecule has 0 aromatic heterocycles. The van der Waals surface area contributed by atoms with Crippen molar-refractivity contribution in [3.63, 3.8) is 0 Å². The summed E-state index contributed by atoms with van der Waals surface area (Å²) in [6.07, 6.45) is -0.135. The number of benzene rings is 2. The summed E-state index contributed by atoms with van der Waals surface area (Å²) in [5, 5.41) is 3.40. The highest BCUT2D eigenvalue weighted by molar-refractivity contribution is 6.31. The van der Waals surface area contributed by atoms with Crippen LogP contribution in [0.2, 0.25) is 5.02 Å². The van der Waals surface area contributed by atoms with Crippen LogP contribution in [-0.4, -0.2) is 28.3 Å². The predicted octanol–water partition coefficient (Wildman–Crippen LogP) is 4.35. The predicted molar refractivity (Wildman–Crippen MR) is 109 cm³/mol. The highest BCUT2D eigenvalue weighted by atomic mass is 35.5. The number of carbonyl (C=O) groups is 2. The van der Waals surface area contributed by atoms with Gasteiger partial charge < -0.3 is 10.2 Å². The minimum atomic E-state index is -0.741. The molecule has 0 radical (unpaired) electrons. The van der Waals surface area contributed by atoms with E-state index in [2.05, 4.69) is 5.32 Å². The molecule has 0 aliphatic heterocycles. The molecule has 0 fully saturated rings. The Hall–Kier alpha value is -2.40. The number of nitrogens with one attached hydrogen (secondary N) is 1. The van der Waals surface area contributed by atoms with Gasteiger partial charge in [-0.15, -0.1) is 0 Å². The third-order valence-corrected chi connectivity index (χ3v) is 4.63. The summed E-state index contributed by atoms with van der Waals surface area (Å²) < 4.78 is 14.0. The van der Waals surface area contributed by atoms with Gasteiger partial charge in [-0.25, -0.2) is 4.39 Å². The number of hydrogen-bond donors (Lipinski definition) is 1. The van der Waals surface area contributed by atoms with Crippen LogP contribution in [-0.2, 0) is 22.6 Å². The molecular weight excluding hydrogens is 379 g/mol. The van der Waals surface area contributed by atoms with Crippen LogP contribution < -0.4 is 5.32 Å². The van der Waals surface area contributed by atoms with E-state index in [0.717, 1.165) is 5.56 Å². The van der Waals surface area contributed by atoms with Crippen LogP contribution in [0, 0.1) is 5.82 Å². The molecule has 4 nitrogen and oxygen atoms in total. The van der Waals surface area contributed by atoms with Gasteiger partial charge in [-0.2, -0.15) is 0 Å². The Morgan fingerprint density at radius 3 is 2.21 bits per heavy atom.